The summed E-state index contributed by atoms with van der Waals surface area (Å²) in [6.45, 7) is 2.18. The zero-order valence-electron chi connectivity index (χ0n) is 10.2. The van der Waals surface area contributed by atoms with Gasteiger partial charge in [0, 0.05) is 19.5 Å². The van der Waals surface area contributed by atoms with E-state index in [-0.39, 0.29) is 0 Å². The van der Waals surface area contributed by atoms with Crippen molar-refractivity contribution in [3.05, 3.63) is 43.3 Å². The summed E-state index contributed by atoms with van der Waals surface area (Å²) in [6, 6.07) is 7.28. The molecule has 1 atom stereocenters. The first-order chi connectivity index (χ1) is 8.28. The lowest BCUT2D eigenvalue weighted by Gasteiger charge is -2.12. The highest BCUT2D eigenvalue weighted by Gasteiger charge is 2.21. The van der Waals surface area contributed by atoms with Crippen LogP contribution in [-0.2, 0) is 12.8 Å². The van der Waals surface area contributed by atoms with Gasteiger partial charge in [-0.3, -0.25) is 0 Å². The minimum atomic E-state index is 0.393. The lowest BCUT2D eigenvalue weighted by molar-refractivity contribution is 0.715. The van der Waals surface area contributed by atoms with Gasteiger partial charge in [-0.15, -0.1) is 22.7 Å². The fourth-order valence-corrected chi connectivity index (χ4v) is 5.00. The molecule has 1 aliphatic rings. The van der Waals surface area contributed by atoms with E-state index in [1.807, 2.05) is 22.7 Å². The molecule has 0 radical (unpaired) electrons. The fraction of sp³-hybridized carbons (Fsp3) is 0.429. The molecular formula is C14H17NS2. The first-order valence-corrected chi connectivity index (χ1v) is 7.76. The Labute approximate surface area is 111 Å². The van der Waals surface area contributed by atoms with Crippen LogP contribution in [0, 0.1) is 6.92 Å². The second kappa shape index (κ2) is 4.56. The summed E-state index contributed by atoms with van der Waals surface area (Å²) in [5.74, 6) is 0. The van der Waals surface area contributed by atoms with Crippen LogP contribution in [0.1, 0.15) is 37.5 Å². The number of hydrogen-bond donors (Lipinski definition) is 1. The molecule has 0 aromatic carbocycles. The van der Waals surface area contributed by atoms with Crippen molar-refractivity contribution >= 4 is 22.7 Å². The molecule has 2 heterocycles. The van der Waals surface area contributed by atoms with Gasteiger partial charge in [-0.25, -0.2) is 0 Å². The Hall–Kier alpha value is -0.640. The summed E-state index contributed by atoms with van der Waals surface area (Å²) in [5.41, 5.74) is 1.60. The van der Waals surface area contributed by atoms with Crippen LogP contribution < -0.4 is 5.32 Å². The first-order valence-electron chi connectivity index (χ1n) is 6.13. The highest BCUT2D eigenvalue weighted by molar-refractivity contribution is 7.13. The molecule has 1 N–H and O–H groups in total. The average molecular weight is 263 g/mol. The maximum atomic E-state index is 3.46. The molecule has 3 rings (SSSR count). The molecule has 2 aromatic rings. The van der Waals surface area contributed by atoms with Crippen molar-refractivity contribution in [3.63, 3.8) is 0 Å². The first kappa shape index (κ1) is 11.5. The largest absolute Gasteiger partial charge is 0.308 e. The van der Waals surface area contributed by atoms with E-state index in [1.165, 1.54) is 33.9 Å². The third kappa shape index (κ3) is 2.07. The molecule has 0 amide bonds. The smallest absolute Gasteiger partial charge is 0.0762 e. The Bertz CT molecular complexity index is 503. The Morgan fingerprint density at radius 1 is 1.18 bits per heavy atom. The van der Waals surface area contributed by atoms with Gasteiger partial charge in [0.05, 0.1) is 6.04 Å². The van der Waals surface area contributed by atoms with Crippen LogP contribution in [0.25, 0.3) is 0 Å². The molecule has 3 heteroatoms. The highest BCUT2D eigenvalue weighted by atomic mass is 32.1. The number of hydrogen-bond acceptors (Lipinski definition) is 3. The quantitative estimate of drug-likeness (QED) is 0.885. The second-order valence-electron chi connectivity index (χ2n) is 4.62. The normalized spacial score (nSPS) is 16.1. The van der Waals surface area contributed by atoms with Crippen molar-refractivity contribution in [2.75, 3.05) is 7.05 Å². The van der Waals surface area contributed by atoms with E-state index in [0.29, 0.717) is 6.04 Å². The van der Waals surface area contributed by atoms with Gasteiger partial charge in [-0.2, -0.15) is 0 Å². The van der Waals surface area contributed by atoms with Crippen LogP contribution in [-0.4, -0.2) is 7.05 Å². The maximum Gasteiger partial charge on any atom is 0.0762 e. The van der Waals surface area contributed by atoms with Crippen molar-refractivity contribution in [3.8, 4) is 0 Å². The van der Waals surface area contributed by atoms with E-state index in [9.17, 15) is 0 Å². The van der Waals surface area contributed by atoms with Crippen LogP contribution in [0.3, 0.4) is 0 Å². The van der Waals surface area contributed by atoms with Crippen LogP contribution in [0.2, 0.25) is 0 Å². The van der Waals surface area contributed by atoms with E-state index in [2.05, 4.69) is 37.5 Å². The van der Waals surface area contributed by atoms with Gasteiger partial charge >= 0.3 is 0 Å². The van der Waals surface area contributed by atoms with E-state index in [4.69, 9.17) is 0 Å². The molecule has 2 aromatic heterocycles. The van der Waals surface area contributed by atoms with Crippen molar-refractivity contribution in [1.29, 1.82) is 0 Å². The molecular weight excluding hydrogens is 246 g/mol. The van der Waals surface area contributed by atoms with E-state index in [1.54, 1.807) is 10.4 Å². The van der Waals surface area contributed by atoms with Gasteiger partial charge in [0.1, 0.15) is 0 Å². The van der Waals surface area contributed by atoms with Crippen molar-refractivity contribution in [2.24, 2.45) is 0 Å². The predicted octanol–water partition coefficient (Wildman–Crippen LogP) is 3.92. The van der Waals surface area contributed by atoms with E-state index >= 15 is 0 Å². The number of thiophene rings is 2. The second-order valence-corrected chi connectivity index (χ2v) is 7.11. The van der Waals surface area contributed by atoms with Crippen LogP contribution >= 0.6 is 22.7 Å². The van der Waals surface area contributed by atoms with Gasteiger partial charge in [0.15, 0.2) is 0 Å². The summed E-state index contributed by atoms with van der Waals surface area (Å²) in [7, 11) is 2.06. The Balaban J connectivity index is 1.94. The van der Waals surface area contributed by atoms with Crippen molar-refractivity contribution in [2.45, 2.75) is 32.2 Å². The number of fused-ring (bicyclic) bond motifs is 1. The molecule has 0 saturated heterocycles. The molecule has 0 bridgehead atoms. The summed E-state index contributed by atoms with van der Waals surface area (Å²) in [4.78, 5) is 5.93. The van der Waals surface area contributed by atoms with Gasteiger partial charge in [0.2, 0.25) is 0 Å². The minimum absolute atomic E-state index is 0.393. The summed E-state index contributed by atoms with van der Waals surface area (Å²) >= 11 is 3.90. The molecule has 0 aliphatic heterocycles. The third-order valence-electron chi connectivity index (χ3n) is 3.38. The SMILES string of the molecule is CNC(c1ccc(C)s1)c1cc2c(s1)CCC2. The van der Waals surface area contributed by atoms with Gasteiger partial charge in [-0.1, -0.05) is 0 Å². The number of rotatable bonds is 3. The molecule has 0 saturated carbocycles. The van der Waals surface area contributed by atoms with E-state index in [0.717, 1.165) is 0 Å². The lowest BCUT2D eigenvalue weighted by Crippen LogP contribution is -2.15. The molecule has 0 spiro atoms. The summed E-state index contributed by atoms with van der Waals surface area (Å²) < 4.78 is 0. The zero-order chi connectivity index (χ0) is 11.8. The van der Waals surface area contributed by atoms with Crippen molar-refractivity contribution in [1.82, 2.24) is 5.32 Å². The monoisotopic (exact) mass is 263 g/mol. The van der Waals surface area contributed by atoms with Crippen LogP contribution in [0.15, 0.2) is 18.2 Å². The van der Waals surface area contributed by atoms with Gasteiger partial charge < -0.3 is 5.32 Å². The zero-order valence-corrected chi connectivity index (χ0v) is 11.9. The molecule has 90 valence electrons. The third-order valence-corrected chi connectivity index (χ3v) is 5.75. The maximum absolute atomic E-state index is 3.46. The predicted molar refractivity (Wildman–Crippen MR) is 76.3 cm³/mol. The summed E-state index contributed by atoms with van der Waals surface area (Å²) in [6.07, 6.45) is 3.93. The average Bonchev–Trinajstić information content (AvgIpc) is 2.95. The number of nitrogens with one attached hydrogen (secondary N) is 1. The van der Waals surface area contributed by atoms with E-state index < -0.39 is 0 Å². The number of aryl methyl sites for hydroxylation is 3. The molecule has 1 aliphatic carbocycles. The lowest BCUT2D eigenvalue weighted by atomic mass is 10.1. The van der Waals surface area contributed by atoms with Crippen molar-refractivity contribution < 1.29 is 0 Å². The Morgan fingerprint density at radius 2 is 2.06 bits per heavy atom. The highest BCUT2D eigenvalue weighted by Crippen LogP contribution is 2.37. The van der Waals surface area contributed by atoms with Crippen LogP contribution in [0.4, 0.5) is 0 Å². The molecule has 1 nitrogen and oxygen atoms in total. The molecule has 0 fully saturated rings. The topological polar surface area (TPSA) is 12.0 Å². The molecule has 1 unspecified atom stereocenters. The molecule has 17 heavy (non-hydrogen) atoms. The minimum Gasteiger partial charge on any atom is -0.308 e. The standard InChI is InChI=1S/C14H17NS2/c1-9-6-7-12(16-9)14(15-2)13-8-10-4-3-5-11(10)17-13/h6-8,14-15H,3-5H2,1-2H3. The Kier molecular flexibility index (Phi) is 3.07. The summed E-state index contributed by atoms with van der Waals surface area (Å²) in [5, 5.41) is 3.46. The fourth-order valence-electron chi connectivity index (χ4n) is 2.53. The van der Waals surface area contributed by atoms with Gasteiger partial charge in [0.25, 0.3) is 0 Å². The van der Waals surface area contributed by atoms with Gasteiger partial charge in [-0.05, 0) is 57.0 Å². The van der Waals surface area contributed by atoms with Crippen LogP contribution in [0.5, 0.6) is 0 Å². The Morgan fingerprint density at radius 3 is 2.71 bits per heavy atom.